The number of pyridine rings is 1. The van der Waals surface area contributed by atoms with E-state index in [-0.39, 0.29) is 17.5 Å². The Morgan fingerprint density at radius 3 is 2.91 bits per heavy atom. The Morgan fingerprint density at radius 1 is 1.39 bits per heavy atom. The summed E-state index contributed by atoms with van der Waals surface area (Å²) in [7, 11) is 3.83. The van der Waals surface area contributed by atoms with Gasteiger partial charge in [-0.2, -0.15) is 0 Å². The van der Waals surface area contributed by atoms with Crippen LogP contribution in [-0.2, 0) is 9.47 Å². The number of nitrogens with zero attached hydrogens (tertiary/aromatic N) is 2. The van der Waals surface area contributed by atoms with Crippen LogP contribution in [0.5, 0.6) is 0 Å². The van der Waals surface area contributed by atoms with Gasteiger partial charge in [0, 0.05) is 38.2 Å². The molecule has 124 valence electrons. The van der Waals surface area contributed by atoms with Gasteiger partial charge in [0.1, 0.15) is 11.9 Å². The van der Waals surface area contributed by atoms with Crippen LogP contribution in [-0.4, -0.2) is 43.9 Å². The van der Waals surface area contributed by atoms with Gasteiger partial charge in [-0.25, -0.2) is 9.78 Å². The van der Waals surface area contributed by atoms with Gasteiger partial charge in [-0.15, -0.1) is 0 Å². The zero-order valence-electron chi connectivity index (χ0n) is 13.8. The summed E-state index contributed by atoms with van der Waals surface area (Å²) in [5.74, 6) is 0.940. The van der Waals surface area contributed by atoms with Crippen molar-refractivity contribution in [2.45, 2.75) is 44.3 Å². The molecule has 2 heterocycles. The maximum atomic E-state index is 12.6. The number of rotatable bonds is 3. The molecule has 0 radical (unpaired) electrons. The van der Waals surface area contributed by atoms with Crippen molar-refractivity contribution < 1.29 is 14.3 Å². The van der Waals surface area contributed by atoms with Crippen LogP contribution in [0, 0.1) is 11.3 Å². The molecule has 1 spiro atoms. The number of carbonyl (C=O) groups is 1. The highest BCUT2D eigenvalue weighted by molar-refractivity contribution is 5.90. The van der Waals surface area contributed by atoms with Crippen LogP contribution >= 0.6 is 0 Å². The Labute approximate surface area is 137 Å². The lowest BCUT2D eigenvalue weighted by molar-refractivity contribution is -0.198. The van der Waals surface area contributed by atoms with E-state index >= 15 is 0 Å². The van der Waals surface area contributed by atoms with Crippen molar-refractivity contribution in [2.24, 2.45) is 11.3 Å². The molecule has 0 N–H and O–H groups in total. The lowest BCUT2D eigenvalue weighted by Gasteiger charge is -2.55. The minimum atomic E-state index is -0.225. The first-order valence-electron chi connectivity index (χ1n) is 8.58. The van der Waals surface area contributed by atoms with Crippen molar-refractivity contribution in [2.75, 3.05) is 25.6 Å². The van der Waals surface area contributed by atoms with E-state index < -0.39 is 0 Å². The molecule has 0 unspecified atom stereocenters. The Kier molecular flexibility index (Phi) is 3.56. The molecule has 1 aliphatic heterocycles. The highest BCUT2D eigenvalue weighted by Gasteiger charge is 2.66. The Bertz CT molecular complexity index is 610. The summed E-state index contributed by atoms with van der Waals surface area (Å²) in [4.78, 5) is 18.8. The average molecular weight is 316 g/mol. The van der Waals surface area contributed by atoms with Gasteiger partial charge in [-0.1, -0.05) is 12.8 Å². The first-order valence-corrected chi connectivity index (χ1v) is 8.58. The topological polar surface area (TPSA) is 51.7 Å². The van der Waals surface area contributed by atoms with Crippen molar-refractivity contribution in [3.63, 3.8) is 0 Å². The molecule has 0 bridgehead atoms. The quantitative estimate of drug-likeness (QED) is 0.803. The fraction of sp³-hybridized carbons (Fsp3) is 0.667. The number of esters is 1. The molecule has 3 fully saturated rings. The van der Waals surface area contributed by atoms with Crippen LogP contribution in [0.4, 0.5) is 5.82 Å². The molecule has 4 rings (SSSR count). The van der Waals surface area contributed by atoms with Crippen LogP contribution in [0.1, 0.15) is 42.5 Å². The molecule has 5 heteroatoms. The zero-order valence-corrected chi connectivity index (χ0v) is 13.8. The van der Waals surface area contributed by atoms with Crippen molar-refractivity contribution >= 4 is 11.8 Å². The van der Waals surface area contributed by atoms with E-state index in [1.54, 1.807) is 18.3 Å². The number of ether oxygens (including phenoxy) is 2. The largest absolute Gasteiger partial charge is 0.458 e. The average Bonchev–Trinajstić information content (AvgIpc) is 3.21. The maximum absolute atomic E-state index is 12.6. The number of carbonyl (C=O) groups excluding carboxylic acids is 1. The van der Waals surface area contributed by atoms with Gasteiger partial charge in [0.05, 0.1) is 11.7 Å². The van der Waals surface area contributed by atoms with E-state index in [2.05, 4.69) is 4.98 Å². The molecule has 1 aromatic heterocycles. The molecular weight excluding hydrogens is 292 g/mol. The first kappa shape index (κ1) is 14.9. The van der Waals surface area contributed by atoms with E-state index in [1.165, 1.54) is 12.8 Å². The molecule has 1 aromatic rings. The van der Waals surface area contributed by atoms with E-state index in [4.69, 9.17) is 9.47 Å². The second kappa shape index (κ2) is 5.48. The third-order valence-corrected chi connectivity index (χ3v) is 5.87. The van der Waals surface area contributed by atoms with E-state index in [0.717, 1.165) is 31.7 Å². The smallest absolute Gasteiger partial charge is 0.338 e. The predicted octanol–water partition coefficient (Wildman–Crippen LogP) is 2.65. The van der Waals surface area contributed by atoms with Gasteiger partial charge in [-0.05, 0) is 31.4 Å². The Hall–Kier alpha value is -1.62. The van der Waals surface area contributed by atoms with Crippen LogP contribution < -0.4 is 4.90 Å². The third kappa shape index (κ3) is 2.24. The van der Waals surface area contributed by atoms with Crippen LogP contribution in [0.25, 0.3) is 0 Å². The SMILES string of the molecule is CN(C)c1cc(C(=O)O[C@@H]2[C@@H]3CCO[C@H]3C23CCCC3)ccn1. The summed E-state index contributed by atoms with van der Waals surface area (Å²) >= 11 is 0. The molecule has 3 atom stereocenters. The number of aromatic nitrogens is 1. The number of anilines is 1. The van der Waals surface area contributed by atoms with Gasteiger partial charge >= 0.3 is 5.97 Å². The Balaban J connectivity index is 1.53. The fourth-order valence-electron chi connectivity index (χ4n) is 4.76. The zero-order chi connectivity index (χ0) is 16.0. The van der Waals surface area contributed by atoms with Gasteiger partial charge in [0.25, 0.3) is 0 Å². The lowest BCUT2D eigenvalue weighted by atomic mass is 9.56. The van der Waals surface area contributed by atoms with Crippen molar-refractivity contribution in [3.8, 4) is 0 Å². The summed E-state index contributed by atoms with van der Waals surface area (Å²) in [5.41, 5.74) is 0.674. The summed E-state index contributed by atoms with van der Waals surface area (Å²) in [6, 6.07) is 3.53. The summed E-state index contributed by atoms with van der Waals surface area (Å²) in [6.45, 7) is 0.811. The van der Waals surface area contributed by atoms with Crippen LogP contribution in [0.3, 0.4) is 0 Å². The molecule has 2 saturated carbocycles. The fourth-order valence-corrected chi connectivity index (χ4v) is 4.76. The molecule has 0 amide bonds. The first-order chi connectivity index (χ1) is 11.1. The van der Waals surface area contributed by atoms with Crippen LogP contribution in [0.2, 0.25) is 0 Å². The van der Waals surface area contributed by atoms with E-state index in [1.807, 2.05) is 19.0 Å². The lowest BCUT2D eigenvalue weighted by Crippen LogP contribution is -2.63. The molecule has 1 saturated heterocycles. The minimum absolute atomic E-state index is 0.0287. The second-order valence-corrected chi connectivity index (χ2v) is 7.31. The standard InChI is InChI=1S/C18H24N2O3/c1-20(2)14-11-12(5-9-19-14)17(21)23-16-13-6-10-22-15(13)18(16)7-3-4-8-18/h5,9,11,13,15-16H,3-4,6-8,10H2,1-2H3/t13-,15-,16-/m1/s1. The molecule has 0 aromatic carbocycles. The maximum Gasteiger partial charge on any atom is 0.338 e. The van der Waals surface area contributed by atoms with Gasteiger partial charge in [-0.3, -0.25) is 0 Å². The van der Waals surface area contributed by atoms with Crippen LogP contribution in [0.15, 0.2) is 18.3 Å². The monoisotopic (exact) mass is 316 g/mol. The summed E-state index contributed by atoms with van der Waals surface area (Å²) in [6.07, 6.45) is 7.74. The molecule has 5 nitrogen and oxygen atoms in total. The molecule has 3 aliphatic rings. The summed E-state index contributed by atoms with van der Waals surface area (Å²) < 4.78 is 11.9. The van der Waals surface area contributed by atoms with Crippen molar-refractivity contribution in [1.29, 1.82) is 0 Å². The predicted molar refractivity (Wildman–Crippen MR) is 86.5 cm³/mol. The normalized spacial score (nSPS) is 30.8. The van der Waals surface area contributed by atoms with Crippen molar-refractivity contribution in [1.82, 2.24) is 4.98 Å². The number of hydrogen-bond acceptors (Lipinski definition) is 5. The third-order valence-electron chi connectivity index (χ3n) is 5.87. The molecular formula is C18H24N2O3. The summed E-state index contributed by atoms with van der Waals surface area (Å²) in [5, 5.41) is 0. The minimum Gasteiger partial charge on any atom is -0.458 e. The van der Waals surface area contributed by atoms with Crippen molar-refractivity contribution in [3.05, 3.63) is 23.9 Å². The highest BCUT2D eigenvalue weighted by atomic mass is 16.6. The molecule has 2 aliphatic carbocycles. The van der Waals surface area contributed by atoms with Gasteiger partial charge < -0.3 is 14.4 Å². The highest BCUT2D eigenvalue weighted by Crippen LogP contribution is 2.62. The number of hydrogen-bond donors (Lipinski definition) is 0. The Morgan fingerprint density at radius 2 is 2.17 bits per heavy atom. The van der Waals surface area contributed by atoms with E-state index in [0.29, 0.717) is 17.6 Å². The molecule has 23 heavy (non-hydrogen) atoms. The number of fused-ring (bicyclic) bond motifs is 2. The van der Waals surface area contributed by atoms with E-state index in [9.17, 15) is 4.79 Å². The van der Waals surface area contributed by atoms with Gasteiger partial charge in [0.15, 0.2) is 0 Å². The second-order valence-electron chi connectivity index (χ2n) is 7.31. The van der Waals surface area contributed by atoms with Gasteiger partial charge in [0.2, 0.25) is 0 Å².